The Morgan fingerprint density at radius 1 is 1.29 bits per heavy atom. The maximum Gasteiger partial charge on any atom is 0.180 e. The van der Waals surface area contributed by atoms with Crippen LogP contribution in [0.1, 0.15) is 25.8 Å². The quantitative estimate of drug-likeness (QED) is 0.821. The molecule has 0 aliphatic carbocycles. The van der Waals surface area contributed by atoms with Gasteiger partial charge < -0.3 is 18.9 Å². The van der Waals surface area contributed by atoms with E-state index in [1.807, 2.05) is 24.5 Å². The highest BCUT2D eigenvalue weighted by Crippen LogP contribution is 2.42. The van der Waals surface area contributed by atoms with Crippen molar-refractivity contribution in [1.82, 2.24) is 14.5 Å². The first-order valence-electron chi connectivity index (χ1n) is 8.35. The minimum absolute atomic E-state index is 0.417. The van der Waals surface area contributed by atoms with E-state index in [9.17, 15) is 0 Å². The van der Waals surface area contributed by atoms with Crippen LogP contribution in [0, 0.1) is 0 Å². The maximum absolute atomic E-state index is 6.58. The number of nitrogens with zero attached hydrogens (tertiary/aromatic N) is 3. The van der Waals surface area contributed by atoms with Crippen LogP contribution in [0.25, 0.3) is 11.4 Å². The molecule has 1 aromatic heterocycles. The van der Waals surface area contributed by atoms with Crippen molar-refractivity contribution in [1.29, 1.82) is 0 Å². The first-order chi connectivity index (χ1) is 11.7. The van der Waals surface area contributed by atoms with Gasteiger partial charge in [0.15, 0.2) is 11.5 Å². The van der Waals surface area contributed by atoms with E-state index in [4.69, 9.17) is 21.1 Å². The van der Waals surface area contributed by atoms with Gasteiger partial charge in [0.2, 0.25) is 0 Å². The monoisotopic (exact) mass is 349 g/mol. The molecular weight excluding hydrogens is 326 g/mol. The highest BCUT2D eigenvalue weighted by Gasteiger charge is 2.24. The molecule has 1 aliphatic heterocycles. The molecule has 6 heteroatoms. The molecule has 130 valence electrons. The molecule has 1 unspecified atom stereocenters. The summed E-state index contributed by atoms with van der Waals surface area (Å²) in [6.45, 7) is 5.51. The minimum atomic E-state index is 0.417. The molecule has 2 aromatic rings. The molecule has 0 bridgehead atoms. The third-order valence-corrected chi connectivity index (χ3v) is 5.09. The fraction of sp³-hybridized carbons (Fsp3) is 0.500. The van der Waals surface area contributed by atoms with Crippen LogP contribution in [0.3, 0.4) is 0 Å². The highest BCUT2D eigenvalue weighted by molar-refractivity contribution is 6.35. The molecule has 1 saturated heterocycles. The van der Waals surface area contributed by atoms with Crippen LogP contribution in [0.5, 0.6) is 11.5 Å². The molecule has 0 saturated carbocycles. The summed E-state index contributed by atoms with van der Waals surface area (Å²) in [4.78, 5) is 7.05. The Bertz CT molecular complexity index is 702. The minimum Gasteiger partial charge on any atom is -0.493 e. The molecular formula is C18H24ClN3O2. The first-order valence-corrected chi connectivity index (χ1v) is 8.73. The van der Waals surface area contributed by atoms with Crippen LogP contribution in [0.2, 0.25) is 5.02 Å². The van der Waals surface area contributed by atoms with E-state index in [1.54, 1.807) is 14.2 Å². The third-order valence-electron chi connectivity index (χ3n) is 4.72. The molecule has 0 amide bonds. The highest BCUT2D eigenvalue weighted by atomic mass is 35.5. The van der Waals surface area contributed by atoms with Crippen molar-refractivity contribution in [2.75, 3.05) is 33.9 Å². The topological polar surface area (TPSA) is 39.5 Å². The molecule has 0 radical (unpaired) electrons. The summed E-state index contributed by atoms with van der Waals surface area (Å²) in [7, 11) is 3.20. The second-order valence-corrected chi connectivity index (χ2v) is 6.39. The van der Waals surface area contributed by atoms with E-state index in [-0.39, 0.29) is 0 Å². The lowest BCUT2D eigenvalue weighted by Crippen LogP contribution is -2.36. The fourth-order valence-corrected chi connectivity index (χ4v) is 3.74. The second-order valence-electron chi connectivity index (χ2n) is 6.01. The summed E-state index contributed by atoms with van der Waals surface area (Å²) in [5, 5.41) is 0.535. The lowest BCUT2D eigenvalue weighted by atomic mass is 10.0. The fourth-order valence-electron chi connectivity index (χ4n) is 3.42. The van der Waals surface area contributed by atoms with Gasteiger partial charge in [0, 0.05) is 30.5 Å². The summed E-state index contributed by atoms with van der Waals surface area (Å²) in [5.74, 6) is 2.05. The summed E-state index contributed by atoms with van der Waals surface area (Å²) < 4.78 is 13.0. The Balaban J connectivity index is 1.99. The molecule has 0 N–H and O–H groups in total. The van der Waals surface area contributed by atoms with Crippen molar-refractivity contribution >= 4 is 11.6 Å². The van der Waals surface area contributed by atoms with E-state index in [1.165, 1.54) is 13.0 Å². The normalized spacial score (nSPS) is 18.6. The molecule has 2 heterocycles. The van der Waals surface area contributed by atoms with E-state index in [2.05, 4.69) is 21.4 Å². The molecule has 3 rings (SSSR count). The Morgan fingerprint density at radius 2 is 2.12 bits per heavy atom. The van der Waals surface area contributed by atoms with Crippen LogP contribution < -0.4 is 9.47 Å². The summed E-state index contributed by atoms with van der Waals surface area (Å²) in [5.41, 5.74) is 0.868. The Labute approximate surface area is 148 Å². The summed E-state index contributed by atoms with van der Waals surface area (Å²) in [6.07, 6.45) is 6.25. The molecule has 24 heavy (non-hydrogen) atoms. The van der Waals surface area contributed by atoms with E-state index in [0.717, 1.165) is 30.9 Å². The molecule has 0 spiro atoms. The zero-order chi connectivity index (χ0) is 17.1. The lowest BCUT2D eigenvalue weighted by molar-refractivity contribution is 0.186. The standard InChI is InChI=1S/C18H24ClN3O2/c1-4-21-10-5-6-13(12-21)22-11-9-20-18(22)14-7-8-15(23-2)17(24-3)16(14)19/h7-9,11,13H,4-6,10,12H2,1-3H3. The lowest BCUT2D eigenvalue weighted by Gasteiger charge is -2.33. The van der Waals surface area contributed by atoms with Crippen LogP contribution in [0.15, 0.2) is 24.5 Å². The van der Waals surface area contributed by atoms with E-state index >= 15 is 0 Å². The third kappa shape index (κ3) is 3.10. The number of ether oxygens (including phenoxy) is 2. The molecule has 1 aromatic carbocycles. The molecule has 1 atom stereocenters. The van der Waals surface area contributed by atoms with Gasteiger partial charge in [0.1, 0.15) is 5.82 Å². The zero-order valence-corrected chi connectivity index (χ0v) is 15.2. The average molecular weight is 350 g/mol. The Kier molecular flexibility index (Phi) is 5.31. The largest absolute Gasteiger partial charge is 0.493 e. The number of likely N-dealkylation sites (N-methyl/N-ethyl adjacent to an activating group) is 1. The number of aromatic nitrogens is 2. The van der Waals surface area contributed by atoms with Gasteiger partial charge in [0.25, 0.3) is 0 Å². The molecule has 1 aliphatic rings. The number of likely N-dealkylation sites (tertiary alicyclic amines) is 1. The van der Waals surface area contributed by atoms with Gasteiger partial charge in [-0.05, 0) is 38.1 Å². The first kappa shape index (κ1) is 17.1. The van der Waals surface area contributed by atoms with Gasteiger partial charge in [0.05, 0.1) is 19.2 Å². The predicted molar refractivity (Wildman–Crippen MR) is 96.2 cm³/mol. The van der Waals surface area contributed by atoms with Gasteiger partial charge in [-0.15, -0.1) is 0 Å². The number of hydrogen-bond donors (Lipinski definition) is 0. The second kappa shape index (κ2) is 7.45. The van der Waals surface area contributed by atoms with E-state index < -0.39 is 0 Å². The van der Waals surface area contributed by atoms with Crippen molar-refractivity contribution in [3.63, 3.8) is 0 Å². The van der Waals surface area contributed by atoms with Crippen LogP contribution >= 0.6 is 11.6 Å². The molecule has 1 fully saturated rings. The smallest absolute Gasteiger partial charge is 0.180 e. The van der Waals surface area contributed by atoms with Gasteiger partial charge in [-0.1, -0.05) is 18.5 Å². The summed E-state index contributed by atoms with van der Waals surface area (Å²) >= 11 is 6.58. The van der Waals surface area contributed by atoms with Crippen molar-refractivity contribution in [3.8, 4) is 22.9 Å². The van der Waals surface area contributed by atoms with Crippen LogP contribution in [0.4, 0.5) is 0 Å². The Hall–Kier alpha value is -1.72. The van der Waals surface area contributed by atoms with Crippen molar-refractivity contribution in [2.45, 2.75) is 25.8 Å². The average Bonchev–Trinajstić information content (AvgIpc) is 3.10. The number of benzene rings is 1. The maximum atomic E-state index is 6.58. The number of imidazole rings is 1. The SMILES string of the molecule is CCN1CCCC(n2ccnc2-c2ccc(OC)c(OC)c2Cl)C1. The number of halogens is 1. The van der Waals surface area contributed by atoms with E-state index in [0.29, 0.717) is 22.6 Å². The Morgan fingerprint density at radius 3 is 2.83 bits per heavy atom. The zero-order valence-electron chi connectivity index (χ0n) is 14.5. The van der Waals surface area contributed by atoms with Crippen LogP contribution in [-0.2, 0) is 0 Å². The summed E-state index contributed by atoms with van der Waals surface area (Å²) in [6, 6.07) is 4.24. The van der Waals surface area contributed by atoms with Gasteiger partial charge in [-0.3, -0.25) is 0 Å². The number of piperidine rings is 1. The van der Waals surface area contributed by atoms with Gasteiger partial charge in [-0.25, -0.2) is 4.98 Å². The van der Waals surface area contributed by atoms with Crippen molar-refractivity contribution in [2.24, 2.45) is 0 Å². The number of rotatable bonds is 5. The number of hydrogen-bond acceptors (Lipinski definition) is 4. The van der Waals surface area contributed by atoms with Crippen molar-refractivity contribution in [3.05, 3.63) is 29.5 Å². The van der Waals surface area contributed by atoms with Crippen LogP contribution in [-0.4, -0.2) is 48.3 Å². The van der Waals surface area contributed by atoms with Gasteiger partial charge >= 0.3 is 0 Å². The predicted octanol–water partition coefficient (Wildman–Crippen LogP) is 3.88. The number of methoxy groups -OCH3 is 2. The molecule has 5 nitrogen and oxygen atoms in total. The van der Waals surface area contributed by atoms with Crippen molar-refractivity contribution < 1.29 is 9.47 Å². The van der Waals surface area contributed by atoms with Gasteiger partial charge in [-0.2, -0.15) is 0 Å².